The first-order valence-electron chi connectivity index (χ1n) is 12.3. The highest BCUT2D eigenvalue weighted by molar-refractivity contribution is 7.90. The third kappa shape index (κ3) is 4.73. The maximum absolute atomic E-state index is 13.5. The summed E-state index contributed by atoms with van der Waals surface area (Å²) < 4.78 is 33.8. The summed E-state index contributed by atoms with van der Waals surface area (Å²) in [5.41, 5.74) is 5.96. The molecular weight excluding hydrogens is 486 g/mol. The molecule has 3 heterocycles. The summed E-state index contributed by atoms with van der Waals surface area (Å²) in [4.78, 5) is 18.9. The third-order valence-electron chi connectivity index (χ3n) is 6.63. The van der Waals surface area contributed by atoms with E-state index in [1.165, 1.54) is 9.54 Å². The molecule has 0 radical (unpaired) electrons. The zero-order valence-electron chi connectivity index (χ0n) is 21.8. The Morgan fingerprint density at radius 3 is 2.43 bits per heavy atom. The topological polar surface area (TPSA) is 81.5 Å². The highest BCUT2D eigenvalue weighted by Gasteiger charge is 2.27. The van der Waals surface area contributed by atoms with Crippen LogP contribution in [0.3, 0.4) is 0 Å². The molecule has 1 amide bonds. The van der Waals surface area contributed by atoms with E-state index in [1.807, 2.05) is 46.8 Å². The van der Waals surface area contributed by atoms with Crippen LogP contribution in [0.25, 0.3) is 22.0 Å². The van der Waals surface area contributed by atoms with Crippen LogP contribution in [0.5, 0.6) is 0 Å². The summed E-state index contributed by atoms with van der Waals surface area (Å²) in [6.45, 7) is 10.5. The minimum atomic E-state index is -3.77. The number of aryl methyl sites for hydroxylation is 2. The molecule has 192 valence electrons. The van der Waals surface area contributed by atoms with E-state index >= 15 is 0 Å². The number of fused-ring (bicyclic) bond motifs is 2. The average Bonchev–Trinajstić information content (AvgIpc) is 3.20. The van der Waals surface area contributed by atoms with E-state index in [2.05, 4.69) is 11.1 Å². The quantitative estimate of drug-likeness (QED) is 0.340. The summed E-state index contributed by atoms with van der Waals surface area (Å²) >= 11 is 0. The number of carbonyl (C=O) groups is 1. The standard InChI is InChI=1S/C29H31N3O4S/c1-19-6-10-24(11-7-19)37(34,35)32-17-20(2)27-25(15-30-16-26(27)32)22-8-9-23-18-31(13-12-21(23)14-22)28(33)36-29(3,4)5/h6-11,14-17H,12-13,18H2,1-5H3. The number of hydrogen-bond acceptors (Lipinski definition) is 5. The van der Waals surface area contributed by atoms with Crippen molar-refractivity contribution in [3.63, 3.8) is 0 Å². The van der Waals surface area contributed by atoms with E-state index in [9.17, 15) is 13.2 Å². The molecule has 5 rings (SSSR count). The van der Waals surface area contributed by atoms with Gasteiger partial charge in [-0.2, -0.15) is 0 Å². The summed E-state index contributed by atoms with van der Waals surface area (Å²) in [7, 11) is -3.77. The number of carbonyl (C=O) groups excluding carboxylic acids is 1. The predicted molar refractivity (Wildman–Crippen MR) is 144 cm³/mol. The summed E-state index contributed by atoms with van der Waals surface area (Å²) in [5, 5.41) is 0.858. The summed E-state index contributed by atoms with van der Waals surface area (Å²) in [5.74, 6) is 0. The van der Waals surface area contributed by atoms with Crippen molar-refractivity contribution >= 4 is 27.0 Å². The fourth-order valence-corrected chi connectivity index (χ4v) is 6.19. The lowest BCUT2D eigenvalue weighted by Crippen LogP contribution is -2.39. The number of benzene rings is 2. The Balaban J connectivity index is 1.51. The molecule has 0 fully saturated rings. The zero-order valence-corrected chi connectivity index (χ0v) is 22.6. The van der Waals surface area contributed by atoms with Gasteiger partial charge in [0, 0.05) is 36.4 Å². The Bertz CT molecular complexity index is 1610. The van der Waals surface area contributed by atoms with Gasteiger partial charge in [0.15, 0.2) is 0 Å². The van der Waals surface area contributed by atoms with Crippen LogP contribution in [0.1, 0.15) is 43.0 Å². The Hall–Kier alpha value is -3.65. The van der Waals surface area contributed by atoms with Crippen molar-refractivity contribution in [1.29, 1.82) is 0 Å². The monoisotopic (exact) mass is 517 g/mol. The van der Waals surface area contributed by atoms with Gasteiger partial charge < -0.3 is 9.64 Å². The van der Waals surface area contributed by atoms with E-state index < -0.39 is 15.6 Å². The van der Waals surface area contributed by atoms with Crippen LogP contribution >= 0.6 is 0 Å². The molecule has 4 aromatic rings. The van der Waals surface area contributed by atoms with Crippen molar-refractivity contribution in [1.82, 2.24) is 13.9 Å². The lowest BCUT2D eigenvalue weighted by atomic mass is 9.93. The van der Waals surface area contributed by atoms with Gasteiger partial charge in [0.25, 0.3) is 10.0 Å². The number of pyridine rings is 1. The van der Waals surface area contributed by atoms with Gasteiger partial charge in [0.2, 0.25) is 0 Å². The van der Waals surface area contributed by atoms with Gasteiger partial charge in [0.05, 0.1) is 16.6 Å². The number of hydrogen-bond donors (Lipinski definition) is 0. The van der Waals surface area contributed by atoms with Gasteiger partial charge >= 0.3 is 6.09 Å². The maximum Gasteiger partial charge on any atom is 0.410 e. The van der Waals surface area contributed by atoms with Crippen LogP contribution in [0.4, 0.5) is 4.79 Å². The molecule has 2 aromatic carbocycles. The largest absolute Gasteiger partial charge is 0.444 e. The van der Waals surface area contributed by atoms with Crippen molar-refractivity contribution in [3.05, 3.63) is 83.3 Å². The van der Waals surface area contributed by atoms with Crippen LogP contribution in [-0.4, -0.2) is 40.5 Å². The molecule has 0 unspecified atom stereocenters. The molecule has 2 aromatic heterocycles. The highest BCUT2D eigenvalue weighted by Crippen LogP contribution is 2.35. The first-order chi connectivity index (χ1) is 17.4. The first-order valence-corrected chi connectivity index (χ1v) is 13.8. The van der Waals surface area contributed by atoms with E-state index in [0.29, 0.717) is 25.0 Å². The van der Waals surface area contributed by atoms with Crippen molar-refractivity contribution in [2.24, 2.45) is 0 Å². The molecule has 0 bridgehead atoms. The van der Waals surface area contributed by atoms with Crippen LogP contribution in [0.2, 0.25) is 0 Å². The number of amides is 1. The van der Waals surface area contributed by atoms with Gasteiger partial charge in [-0.05, 0) is 75.4 Å². The first kappa shape index (κ1) is 25.0. The van der Waals surface area contributed by atoms with Crippen molar-refractivity contribution in [2.75, 3.05) is 6.54 Å². The summed E-state index contributed by atoms with van der Waals surface area (Å²) in [6, 6.07) is 13.0. The molecule has 0 saturated heterocycles. The van der Waals surface area contributed by atoms with Crippen LogP contribution in [-0.2, 0) is 27.7 Å². The SMILES string of the molecule is Cc1ccc(S(=O)(=O)n2cc(C)c3c(-c4ccc5c(c4)CCN(C(=O)OC(C)(C)C)C5)cncc32)cc1. The van der Waals surface area contributed by atoms with Crippen LogP contribution in [0.15, 0.2) is 66.0 Å². The Morgan fingerprint density at radius 1 is 1.00 bits per heavy atom. The molecule has 0 saturated carbocycles. The minimum absolute atomic E-state index is 0.240. The second-order valence-electron chi connectivity index (χ2n) is 10.6. The zero-order chi connectivity index (χ0) is 26.5. The van der Waals surface area contributed by atoms with Gasteiger partial charge in [-0.3, -0.25) is 4.98 Å². The van der Waals surface area contributed by atoms with Crippen molar-refractivity contribution in [2.45, 2.75) is 58.1 Å². The Kier molecular flexibility index (Phi) is 6.10. The van der Waals surface area contributed by atoms with Gasteiger partial charge in [-0.25, -0.2) is 17.2 Å². The van der Waals surface area contributed by atoms with Crippen LogP contribution in [0, 0.1) is 13.8 Å². The fourth-order valence-electron chi connectivity index (χ4n) is 4.79. The summed E-state index contributed by atoms with van der Waals surface area (Å²) in [6.07, 6.45) is 5.48. The van der Waals surface area contributed by atoms with Gasteiger partial charge in [-0.15, -0.1) is 0 Å². The fraction of sp³-hybridized carbons (Fsp3) is 0.310. The lowest BCUT2D eigenvalue weighted by Gasteiger charge is -2.31. The number of aromatic nitrogens is 2. The van der Waals surface area contributed by atoms with E-state index in [1.54, 1.807) is 47.8 Å². The van der Waals surface area contributed by atoms with Gasteiger partial charge in [-0.1, -0.05) is 35.9 Å². The van der Waals surface area contributed by atoms with E-state index in [4.69, 9.17) is 4.74 Å². The van der Waals surface area contributed by atoms with E-state index in [0.717, 1.165) is 33.2 Å². The Labute approximate surface area is 217 Å². The van der Waals surface area contributed by atoms with Crippen molar-refractivity contribution < 1.29 is 17.9 Å². The van der Waals surface area contributed by atoms with E-state index in [-0.39, 0.29) is 11.0 Å². The molecule has 0 atom stereocenters. The molecular formula is C29H31N3O4S. The molecule has 0 N–H and O–H groups in total. The highest BCUT2D eigenvalue weighted by atomic mass is 32.2. The smallest absolute Gasteiger partial charge is 0.410 e. The van der Waals surface area contributed by atoms with Crippen molar-refractivity contribution in [3.8, 4) is 11.1 Å². The lowest BCUT2D eigenvalue weighted by molar-refractivity contribution is 0.0224. The number of nitrogens with zero attached hydrogens (tertiary/aromatic N) is 3. The molecule has 8 heteroatoms. The molecule has 1 aliphatic heterocycles. The Morgan fingerprint density at radius 2 is 1.73 bits per heavy atom. The molecule has 0 spiro atoms. The molecule has 1 aliphatic rings. The second-order valence-corrected chi connectivity index (χ2v) is 12.5. The molecule has 0 aliphatic carbocycles. The molecule has 37 heavy (non-hydrogen) atoms. The number of rotatable bonds is 3. The number of ether oxygens (including phenoxy) is 1. The normalized spacial score (nSPS) is 14.0. The van der Waals surface area contributed by atoms with Crippen LogP contribution < -0.4 is 0 Å². The average molecular weight is 518 g/mol. The predicted octanol–water partition coefficient (Wildman–Crippen LogP) is 5.85. The molecule has 7 nitrogen and oxygen atoms in total. The third-order valence-corrected chi connectivity index (χ3v) is 8.32. The maximum atomic E-state index is 13.5. The second kappa shape index (κ2) is 9.03. The minimum Gasteiger partial charge on any atom is -0.444 e. The van der Waals surface area contributed by atoms with Gasteiger partial charge in [0.1, 0.15) is 5.60 Å².